The molecule has 0 fully saturated rings. The number of rotatable bonds is 8. The van der Waals surface area contributed by atoms with Gasteiger partial charge in [0.2, 0.25) is 0 Å². The molecule has 0 saturated heterocycles. The van der Waals surface area contributed by atoms with Crippen molar-refractivity contribution in [3.63, 3.8) is 0 Å². The van der Waals surface area contributed by atoms with Crippen molar-refractivity contribution >= 4 is 28.2 Å². The third-order valence-corrected chi connectivity index (χ3v) is 7.43. The highest BCUT2D eigenvalue weighted by atomic mass is 31.2. The van der Waals surface area contributed by atoms with Crippen molar-refractivity contribution in [1.82, 2.24) is 0 Å². The fourth-order valence-corrected chi connectivity index (χ4v) is 6.45. The SMILES string of the molecule is CC(C)c1cccc(C(C)C)c1POPc1c(C(C)C)cccc1C(C)C. The highest BCUT2D eigenvalue weighted by Gasteiger charge is 2.17. The second kappa shape index (κ2) is 10.2. The second-order valence-electron chi connectivity index (χ2n) is 8.55. The summed E-state index contributed by atoms with van der Waals surface area (Å²) in [5, 5.41) is 2.84. The summed E-state index contributed by atoms with van der Waals surface area (Å²) in [6, 6.07) is 13.5. The van der Waals surface area contributed by atoms with Gasteiger partial charge < -0.3 is 4.31 Å². The zero-order valence-electron chi connectivity index (χ0n) is 18.2. The molecule has 0 aliphatic heterocycles. The fraction of sp³-hybridized carbons (Fsp3) is 0.500. The van der Waals surface area contributed by atoms with Gasteiger partial charge in [-0.05, 0) is 45.9 Å². The Morgan fingerprint density at radius 1 is 0.519 bits per heavy atom. The van der Waals surface area contributed by atoms with Crippen LogP contribution in [0.5, 0.6) is 0 Å². The Bertz CT molecular complexity index is 632. The molecule has 3 heteroatoms. The lowest BCUT2D eigenvalue weighted by Gasteiger charge is -2.21. The van der Waals surface area contributed by atoms with Gasteiger partial charge in [-0.1, -0.05) is 91.8 Å². The molecule has 0 radical (unpaired) electrons. The summed E-state index contributed by atoms with van der Waals surface area (Å²) in [6.45, 7) is 18.2. The van der Waals surface area contributed by atoms with Crippen molar-refractivity contribution in [2.75, 3.05) is 0 Å². The Balaban J connectivity index is 2.30. The van der Waals surface area contributed by atoms with E-state index in [1.807, 2.05) is 0 Å². The van der Waals surface area contributed by atoms with Gasteiger partial charge in [0.05, 0.1) is 17.6 Å². The number of hydrogen-bond acceptors (Lipinski definition) is 1. The van der Waals surface area contributed by atoms with E-state index >= 15 is 0 Å². The van der Waals surface area contributed by atoms with Gasteiger partial charge in [0.15, 0.2) is 0 Å². The summed E-state index contributed by atoms with van der Waals surface area (Å²) in [4.78, 5) is 0. The molecule has 0 spiro atoms. The monoisotopic (exact) mass is 402 g/mol. The highest BCUT2D eigenvalue weighted by Crippen LogP contribution is 2.35. The van der Waals surface area contributed by atoms with E-state index in [9.17, 15) is 0 Å². The van der Waals surface area contributed by atoms with Crippen LogP contribution in [0, 0.1) is 0 Å². The van der Waals surface area contributed by atoms with Crippen molar-refractivity contribution in [3.05, 3.63) is 58.7 Å². The molecule has 0 amide bonds. The van der Waals surface area contributed by atoms with Gasteiger partial charge in [0, 0.05) is 10.6 Å². The minimum Gasteiger partial charge on any atom is -0.334 e. The van der Waals surface area contributed by atoms with Crippen LogP contribution >= 0.6 is 17.6 Å². The van der Waals surface area contributed by atoms with Crippen LogP contribution in [-0.4, -0.2) is 0 Å². The first kappa shape index (κ1) is 22.5. The van der Waals surface area contributed by atoms with Gasteiger partial charge in [0.25, 0.3) is 0 Å². The molecule has 2 atom stereocenters. The normalized spacial score (nSPS) is 12.9. The second-order valence-corrected chi connectivity index (χ2v) is 10.8. The molecule has 0 aromatic heterocycles. The van der Waals surface area contributed by atoms with Crippen LogP contribution in [0.4, 0.5) is 0 Å². The molecule has 27 heavy (non-hydrogen) atoms. The molecule has 148 valence electrons. The molecule has 2 aromatic carbocycles. The van der Waals surface area contributed by atoms with Crippen molar-refractivity contribution in [2.45, 2.75) is 79.1 Å². The molecule has 0 aliphatic carbocycles. The van der Waals surface area contributed by atoms with E-state index in [2.05, 4.69) is 91.8 Å². The molecule has 1 nitrogen and oxygen atoms in total. The summed E-state index contributed by atoms with van der Waals surface area (Å²) in [7, 11) is 0.811. The third-order valence-electron chi connectivity index (χ3n) is 5.05. The Morgan fingerprint density at radius 3 is 1.00 bits per heavy atom. The molecule has 2 aromatic rings. The first-order chi connectivity index (χ1) is 12.7. The predicted molar refractivity (Wildman–Crippen MR) is 126 cm³/mol. The smallest absolute Gasteiger partial charge is 0.0516 e. The predicted octanol–water partition coefficient (Wildman–Crippen LogP) is 7.33. The number of hydrogen-bond donors (Lipinski definition) is 0. The van der Waals surface area contributed by atoms with Crippen molar-refractivity contribution in [3.8, 4) is 0 Å². The molecule has 0 aliphatic rings. The van der Waals surface area contributed by atoms with Gasteiger partial charge in [-0.15, -0.1) is 0 Å². The Kier molecular flexibility index (Phi) is 8.48. The van der Waals surface area contributed by atoms with Crippen LogP contribution in [-0.2, 0) is 4.31 Å². The molecule has 0 bridgehead atoms. The van der Waals surface area contributed by atoms with E-state index in [1.54, 1.807) is 0 Å². The lowest BCUT2D eigenvalue weighted by molar-refractivity contribution is 0.734. The quantitative estimate of drug-likeness (QED) is 0.420. The molecular formula is C24H36OP2. The minimum absolute atomic E-state index is 0.405. The van der Waals surface area contributed by atoms with E-state index in [1.165, 1.54) is 32.9 Å². The Labute approximate surface area is 170 Å². The van der Waals surface area contributed by atoms with E-state index in [-0.39, 0.29) is 0 Å². The Morgan fingerprint density at radius 2 is 0.778 bits per heavy atom. The lowest BCUT2D eigenvalue weighted by Crippen LogP contribution is -2.15. The van der Waals surface area contributed by atoms with E-state index in [4.69, 9.17) is 4.31 Å². The van der Waals surface area contributed by atoms with Crippen LogP contribution in [0.1, 0.15) is 101 Å². The van der Waals surface area contributed by atoms with Gasteiger partial charge in [0.1, 0.15) is 0 Å². The van der Waals surface area contributed by atoms with Crippen molar-refractivity contribution in [2.24, 2.45) is 0 Å². The zero-order valence-corrected chi connectivity index (χ0v) is 20.2. The van der Waals surface area contributed by atoms with Crippen LogP contribution in [0.25, 0.3) is 0 Å². The Hall–Kier alpha value is -0.740. The first-order valence-corrected chi connectivity index (χ1v) is 12.0. The van der Waals surface area contributed by atoms with Gasteiger partial charge in [-0.25, -0.2) is 0 Å². The molecule has 2 rings (SSSR count). The summed E-state index contributed by atoms with van der Waals surface area (Å²) in [5.74, 6) is 2.08. The number of benzene rings is 2. The molecule has 0 saturated carbocycles. The first-order valence-electron chi connectivity index (χ1n) is 10.2. The maximum absolute atomic E-state index is 6.42. The average Bonchev–Trinajstić information content (AvgIpc) is 2.61. The van der Waals surface area contributed by atoms with Gasteiger partial charge >= 0.3 is 0 Å². The molecule has 0 heterocycles. The lowest BCUT2D eigenvalue weighted by atomic mass is 9.95. The largest absolute Gasteiger partial charge is 0.334 e. The van der Waals surface area contributed by atoms with Crippen LogP contribution < -0.4 is 10.6 Å². The highest BCUT2D eigenvalue weighted by molar-refractivity contribution is 7.55. The van der Waals surface area contributed by atoms with Gasteiger partial charge in [-0.3, -0.25) is 0 Å². The standard InChI is InChI=1S/C24H36OP2/c1-15(2)19-11-9-12-20(16(3)4)23(19)26-25-27-24-21(17(5)6)13-10-14-22(24)18(7)8/h9-18,26-27H,1-8H3. The maximum atomic E-state index is 6.42. The summed E-state index contributed by atoms with van der Waals surface area (Å²) < 4.78 is 6.42. The van der Waals surface area contributed by atoms with Gasteiger partial charge in [-0.2, -0.15) is 0 Å². The van der Waals surface area contributed by atoms with Crippen LogP contribution in [0.15, 0.2) is 36.4 Å². The fourth-order valence-electron chi connectivity index (χ4n) is 3.47. The third kappa shape index (κ3) is 5.63. The molecule has 2 unspecified atom stereocenters. The van der Waals surface area contributed by atoms with Crippen LogP contribution in [0.3, 0.4) is 0 Å². The maximum Gasteiger partial charge on any atom is 0.0516 e. The van der Waals surface area contributed by atoms with E-state index in [0.717, 1.165) is 0 Å². The zero-order chi connectivity index (χ0) is 20.1. The topological polar surface area (TPSA) is 9.23 Å². The van der Waals surface area contributed by atoms with Crippen LogP contribution in [0.2, 0.25) is 0 Å². The van der Waals surface area contributed by atoms with Crippen molar-refractivity contribution < 1.29 is 4.31 Å². The van der Waals surface area contributed by atoms with E-state index < -0.39 is 0 Å². The summed E-state index contributed by atoms with van der Waals surface area (Å²) in [5.41, 5.74) is 5.74. The molecular weight excluding hydrogens is 366 g/mol. The van der Waals surface area contributed by atoms with E-state index in [0.29, 0.717) is 41.3 Å². The average molecular weight is 402 g/mol. The molecule has 0 N–H and O–H groups in total. The van der Waals surface area contributed by atoms with Crippen molar-refractivity contribution in [1.29, 1.82) is 0 Å². The minimum atomic E-state index is 0.405. The summed E-state index contributed by atoms with van der Waals surface area (Å²) >= 11 is 0. The summed E-state index contributed by atoms with van der Waals surface area (Å²) in [6.07, 6.45) is 0.